The van der Waals surface area contributed by atoms with Crippen molar-refractivity contribution in [2.24, 2.45) is 0 Å². The largest absolute Gasteiger partial charge is 0.490 e. The number of anilines is 1. The van der Waals surface area contributed by atoms with Crippen LogP contribution in [0.25, 0.3) is 0 Å². The minimum Gasteiger partial charge on any atom is -0.490 e. The summed E-state index contributed by atoms with van der Waals surface area (Å²) < 4.78 is 6.21. The summed E-state index contributed by atoms with van der Waals surface area (Å²) in [7, 11) is 0. The van der Waals surface area contributed by atoms with E-state index in [9.17, 15) is 0 Å². The van der Waals surface area contributed by atoms with Crippen molar-refractivity contribution in [3.05, 3.63) is 46.6 Å². The molecule has 6 heteroatoms. The maximum absolute atomic E-state index is 8.86. The Labute approximate surface area is 153 Å². The summed E-state index contributed by atoms with van der Waals surface area (Å²) in [4.78, 5) is 2.08. The molecule has 25 heavy (non-hydrogen) atoms. The van der Waals surface area contributed by atoms with Crippen LogP contribution >= 0.6 is 11.6 Å². The van der Waals surface area contributed by atoms with Gasteiger partial charge in [0.05, 0.1) is 6.10 Å². The number of nitriles is 1. The highest BCUT2D eigenvalue weighted by Crippen LogP contribution is 2.30. The molecule has 0 amide bonds. The third-order valence-electron chi connectivity index (χ3n) is 4.45. The number of ether oxygens (including phenoxy) is 1. The highest BCUT2D eigenvalue weighted by Gasteiger charge is 2.19. The van der Waals surface area contributed by atoms with Gasteiger partial charge in [-0.1, -0.05) is 11.6 Å². The van der Waals surface area contributed by atoms with Gasteiger partial charge in [0.2, 0.25) is 0 Å². The van der Waals surface area contributed by atoms with Crippen molar-refractivity contribution in [3.63, 3.8) is 0 Å². The van der Waals surface area contributed by atoms with Crippen LogP contribution in [0.5, 0.6) is 5.75 Å². The molecule has 0 radical (unpaired) electrons. The van der Waals surface area contributed by atoms with Crippen LogP contribution in [0.4, 0.5) is 5.82 Å². The third-order valence-corrected chi connectivity index (χ3v) is 4.69. The first-order valence-corrected chi connectivity index (χ1v) is 9.01. The summed E-state index contributed by atoms with van der Waals surface area (Å²) in [5, 5.41) is 17.6. The van der Waals surface area contributed by atoms with E-state index in [4.69, 9.17) is 21.6 Å². The molecule has 3 rings (SSSR count). The number of aromatic nitrogens is 2. The fourth-order valence-electron chi connectivity index (χ4n) is 3.09. The topological polar surface area (TPSA) is 62.0 Å². The minimum absolute atomic E-state index is 0.296. The molecule has 2 aromatic rings. The van der Waals surface area contributed by atoms with Crippen molar-refractivity contribution < 1.29 is 4.74 Å². The molecule has 1 aliphatic carbocycles. The molecule has 1 aromatic carbocycles. The lowest BCUT2D eigenvalue weighted by Gasteiger charge is -2.24. The van der Waals surface area contributed by atoms with Crippen LogP contribution in [0.15, 0.2) is 30.3 Å². The third kappa shape index (κ3) is 4.40. The van der Waals surface area contributed by atoms with Gasteiger partial charge in [0.25, 0.3) is 0 Å². The highest BCUT2D eigenvalue weighted by atomic mass is 35.5. The molecule has 1 saturated carbocycles. The lowest BCUT2D eigenvalue weighted by Crippen LogP contribution is -2.24. The first-order valence-electron chi connectivity index (χ1n) is 8.63. The average molecular weight is 357 g/mol. The molecule has 1 aromatic heterocycles. The Morgan fingerprint density at radius 3 is 2.68 bits per heavy atom. The molecule has 0 aliphatic heterocycles. The molecule has 0 bridgehead atoms. The van der Waals surface area contributed by atoms with E-state index in [1.165, 1.54) is 12.8 Å². The van der Waals surface area contributed by atoms with Crippen LogP contribution in [-0.2, 0) is 6.54 Å². The molecular formula is C19H21ClN4O. The van der Waals surface area contributed by atoms with E-state index in [0.717, 1.165) is 36.5 Å². The maximum atomic E-state index is 8.86. The molecule has 0 N–H and O–H groups in total. The average Bonchev–Trinajstić information content (AvgIpc) is 3.15. The fourth-order valence-corrected chi connectivity index (χ4v) is 3.28. The normalized spacial score (nSPS) is 14.3. The van der Waals surface area contributed by atoms with Gasteiger partial charge in [-0.3, -0.25) is 0 Å². The van der Waals surface area contributed by atoms with Gasteiger partial charge >= 0.3 is 0 Å². The Kier molecular flexibility index (Phi) is 5.72. The van der Waals surface area contributed by atoms with Gasteiger partial charge in [-0.15, -0.1) is 10.2 Å². The van der Waals surface area contributed by atoms with E-state index < -0.39 is 0 Å². The van der Waals surface area contributed by atoms with Gasteiger partial charge in [0.1, 0.15) is 11.8 Å². The zero-order chi connectivity index (χ0) is 17.6. The molecular weight excluding hydrogens is 336 g/mol. The molecule has 5 nitrogen and oxygen atoms in total. The second-order valence-electron chi connectivity index (χ2n) is 6.18. The number of rotatable bonds is 6. The first kappa shape index (κ1) is 17.5. The van der Waals surface area contributed by atoms with E-state index in [0.29, 0.717) is 23.4 Å². The van der Waals surface area contributed by atoms with Crippen LogP contribution < -0.4 is 9.64 Å². The highest BCUT2D eigenvalue weighted by molar-refractivity contribution is 6.30. The van der Waals surface area contributed by atoms with Crippen molar-refractivity contribution in [1.82, 2.24) is 10.2 Å². The molecule has 1 heterocycles. The van der Waals surface area contributed by atoms with Crippen molar-refractivity contribution in [2.45, 2.75) is 45.3 Å². The van der Waals surface area contributed by atoms with Crippen molar-refractivity contribution in [3.8, 4) is 11.8 Å². The number of benzene rings is 1. The lowest BCUT2D eigenvalue weighted by atomic mass is 10.1. The Hall–Kier alpha value is -2.32. The van der Waals surface area contributed by atoms with Crippen LogP contribution in [0, 0.1) is 11.3 Å². The van der Waals surface area contributed by atoms with Crippen molar-refractivity contribution in [1.29, 1.82) is 5.26 Å². The van der Waals surface area contributed by atoms with Crippen LogP contribution in [0.3, 0.4) is 0 Å². The van der Waals surface area contributed by atoms with Crippen LogP contribution in [0.1, 0.15) is 43.9 Å². The Morgan fingerprint density at radius 2 is 2.04 bits per heavy atom. The summed E-state index contributed by atoms with van der Waals surface area (Å²) >= 11 is 6.21. The lowest BCUT2D eigenvalue weighted by molar-refractivity contribution is 0.208. The zero-order valence-corrected chi connectivity index (χ0v) is 15.0. The molecule has 1 fully saturated rings. The summed E-state index contributed by atoms with van der Waals surface area (Å²) in [6.45, 7) is 3.44. The standard InChI is InChI=1S/C19H21ClN4O/c1-2-24(19-10-8-16(12-21)22-23-19)13-14-11-15(20)7-9-18(14)25-17-5-3-4-6-17/h7-11,17H,2-6,13H2,1H3. The molecule has 1 aliphatic rings. The van der Waals surface area contributed by atoms with E-state index >= 15 is 0 Å². The van der Waals surface area contributed by atoms with E-state index in [2.05, 4.69) is 22.0 Å². The smallest absolute Gasteiger partial charge is 0.163 e. The van der Waals surface area contributed by atoms with Gasteiger partial charge in [-0.05, 0) is 62.9 Å². The second kappa shape index (κ2) is 8.17. The van der Waals surface area contributed by atoms with Gasteiger partial charge in [-0.2, -0.15) is 5.26 Å². The number of halogens is 1. The van der Waals surface area contributed by atoms with Crippen LogP contribution in [-0.4, -0.2) is 22.8 Å². The molecule has 0 unspecified atom stereocenters. The van der Waals surface area contributed by atoms with Gasteiger partial charge in [0.15, 0.2) is 11.5 Å². The molecule has 0 saturated heterocycles. The van der Waals surface area contributed by atoms with Crippen molar-refractivity contribution in [2.75, 3.05) is 11.4 Å². The van der Waals surface area contributed by atoms with Gasteiger partial charge in [0, 0.05) is 23.7 Å². The predicted molar refractivity (Wildman–Crippen MR) is 97.8 cm³/mol. The summed E-state index contributed by atoms with van der Waals surface area (Å²) in [6, 6.07) is 11.3. The summed E-state index contributed by atoms with van der Waals surface area (Å²) in [6.07, 6.45) is 4.98. The Bertz CT molecular complexity index is 751. The fraction of sp³-hybridized carbons (Fsp3) is 0.421. The predicted octanol–water partition coefficient (Wildman–Crippen LogP) is 4.35. The number of nitrogens with zero attached hydrogens (tertiary/aromatic N) is 4. The zero-order valence-electron chi connectivity index (χ0n) is 14.3. The summed E-state index contributed by atoms with van der Waals surface area (Å²) in [5.41, 5.74) is 1.35. The molecule has 130 valence electrons. The SMILES string of the molecule is CCN(Cc1cc(Cl)ccc1OC1CCCC1)c1ccc(C#N)nn1. The monoisotopic (exact) mass is 356 g/mol. The summed E-state index contributed by atoms with van der Waals surface area (Å²) in [5.74, 6) is 1.62. The Morgan fingerprint density at radius 1 is 1.24 bits per heavy atom. The maximum Gasteiger partial charge on any atom is 0.163 e. The second-order valence-corrected chi connectivity index (χ2v) is 6.62. The van der Waals surface area contributed by atoms with E-state index in [1.54, 1.807) is 6.07 Å². The minimum atomic E-state index is 0.296. The van der Waals surface area contributed by atoms with Gasteiger partial charge < -0.3 is 9.64 Å². The molecule has 0 atom stereocenters. The van der Waals surface area contributed by atoms with E-state index in [1.807, 2.05) is 30.3 Å². The van der Waals surface area contributed by atoms with Gasteiger partial charge in [-0.25, -0.2) is 0 Å². The van der Waals surface area contributed by atoms with Crippen LogP contribution in [0.2, 0.25) is 5.02 Å². The quantitative estimate of drug-likeness (QED) is 0.770. The number of hydrogen-bond donors (Lipinski definition) is 0. The number of hydrogen-bond acceptors (Lipinski definition) is 5. The first-order chi connectivity index (χ1) is 12.2. The molecule has 0 spiro atoms. The van der Waals surface area contributed by atoms with E-state index in [-0.39, 0.29) is 0 Å². The van der Waals surface area contributed by atoms with Crippen molar-refractivity contribution >= 4 is 17.4 Å². The Balaban J connectivity index is 1.81.